The summed E-state index contributed by atoms with van der Waals surface area (Å²) in [5.74, 6) is 0. The SMILES string of the molecule is CCc1c(Cl)[nH]c(=O)n(-c2cc(C)ccc2C)c1=O. The van der Waals surface area contributed by atoms with Crippen molar-refractivity contribution in [2.24, 2.45) is 0 Å². The van der Waals surface area contributed by atoms with E-state index in [1.165, 1.54) is 0 Å². The molecule has 0 atom stereocenters. The van der Waals surface area contributed by atoms with Crippen LogP contribution in [-0.2, 0) is 6.42 Å². The number of aromatic amines is 1. The third kappa shape index (κ3) is 2.36. The lowest BCUT2D eigenvalue weighted by Crippen LogP contribution is -2.36. The minimum Gasteiger partial charge on any atom is -0.297 e. The minimum absolute atomic E-state index is 0.124. The first-order chi connectivity index (χ1) is 8.95. The Hall–Kier alpha value is -1.81. The predicted molar refractivity (Wildman–Crippen MR) is 76.5 cm³/mol. The second-order valence-corrected chi connectivity index (χ2v) is 4.88. The lowest BCUT2D eigenvalue weighted by molar-refractivity contribution is 0.836. The Balaban J connectivity index is 2.87. The fourth-order valence-electron chi connectivity index (χ4n) is 2.03. The van der Waals surface area contributed by atoms with E-state index in [0.29, 0.717) is 17.7 Å². The molecule has 2 aromatic rings. The number of halogens is 1. The van der Waals surface area contributed by atoms with Crippen molar-refractivity contribution >= 4 is 11.6 Å². The molecule has 2 rings (SSSR count). The standard InChI is InChI=1S/C14H15ClN2O2/c1-4-10-12(15)16-14(19)17(13(10)18)11-7-8(2)5-6-9(11)3/h5-7H,4H2,1-3H3,(H,16,19). The quantitative estimate of drug-likeness (QED) is 0.858. The predicted octanol–water partition coefficient (Wildman–Crippen LogP) is 2.36. The fourth-order valence-corrected chi connectivity index (χ4v) is 2.33. The van der Waals surface area contributed by atoms with Crippen LogP contribution in [0.2, 0.25) is 5.15 Å². The van der Waals surface area contributed by atoms with Gasteiger partial charge in [0.05, 0.1) is 11.3 Å². The molecule has 0 unspecified atom stereocenters. The summed E-state index contributed by atoms with van der Waals surface area (Å²) in [6, 6.07) is 5.64. The molecule has 100 valence electrons. The van der Waals surface area contributed by atoms with Gasteiger partial charge in [-0.05, 0) is 37.5 Å². The largest absolute Gasteiger partial charge is 0.334 e. The number of benzene rings is 1. The molecule has 0 saturated heterocycles. The highest BCUT2D eigenvalue weighted by Crippen LogP contribution is 2.14. The van der Waals surface area contributed by atoms with Crippen molar-refractivity contribution < 1.29 is 0 Å². The van der Waals surface area contributed by atoms with Gasteiger partial charge in [-0.15, -0.1) is 0 Å². The van der Waals surface area contributed by atoms with Crippen molar-refractivity contribution in [1.29, 1.82) is 0 Å². The fraction of sp³-hybridized carbons (Fsp3) is 0.286. The molecule has 1 aromatic heterocycles. The van der Waals surface area contributed by atoms with E-state index in [4.69, 9.17) is 11.6 Å². The number of aryl methyl sites for hydroxylation is 2. The van der Waals surface area contributed by atoms with Gasteiger partial charge in [-0.1, -0.05) is 30.7 Å². The van der Waals surface area contributed by atoms with Crippen LogP contribution < -0.4 is 11.2 Å². The number of hydrogen-bond donors (Lipinski definition) is 1. The number of nitrogens with zero attached hydrogens (tertiary/aromatic N) is 1. The zero-order chi connectivity index (χ0) is 14.2. The zero-order valence-electron chi connectivity index (χ0n) is 11.1. The van der Waals surface area contributed by atoms with Gasteiger partial charge in [-0.2, -0.15) is 0 Å². The van der Waals surface area contributed by atoms with E-state index in [-0.39, 0.29) is 10.7 Å². The normalized spacial score (nSPS) is 10.7. The highest BCUT2D eigenvalue weighted by Gasteiger charge is 2.14. The molecule has 0 spiro atoms. The smallest absolute Gasteiger partial charge is 0.297 e. The molecule has 0 aliphatic rings. The van der Waals surface area contributed by atoms with Gasteiger partial charge in [0.25, 0.3) is 5.56 Å². The van der Waals surface area contributed by atoms with Crippen LogP contribution >= 0.6 is 11.6 Å². The maximum Gasteiger partial charge on any atom is 0.334 e. The summed E-state index contributed by atoms with van der Waals surface area (Å²) >= 11 is 5.90. The summed E-state index contributed by atoms with van der Waals surface area (Å²) in [4.78, 5) is 26.9. The van der Waals surface area contributed by atoms with Crippen molar-refractivity contribution in [3.63, 3.8) is 0 Å². The lowest BCUT2D eigenvalue weighted by Gasteiger charge is -2.11. The lowest BCUT2D eigenvalue weighted by atomic mass is 10.1. The van der Waals surface area contributed by atoms with Crippen molar-refractivity contribution in [2.45, 2.75) is 27.2 Å². The number of aromatic nitrogens is 2. The summed E-state index contributed by atoms with van der Waals surface area (Å²) in [6.07, 6.45) is 0.472. The summed E-state index contributed by atoms with van der Waals surface area (Å²) in [5.41, 5.74) is 1.99. The Kier molecular flexibility index (Phi) is 3.62. The van der Waals surface area contributed by atoms with Gasteiger partial charge < -0.3 is 0 Å². The molecule has 1 heterocycles. The van der Waals surface area contributed by atoms with Gasteiger partial charge >= 0.3 is 5.69 Å². The summed E-state index contributed by atoms with van der Waals surface area (Å²) in [6.45, 7) is 5.61. The monoisotopic (exact) mass is 278 g/mol. The first-order valence-electron chi connectivity index (χ1n) is 6.07. The summed E-state index contributed by atoms with van der Waals surface area (Å²) in [5, 5.41) is 0.124. The van der Waals surface area contributed by atoms with Gasteiger partial charge in [0, 0.05) is 0 Å². The van der Waals surface area contributed by atoms with Crippen molar-refractivity contribution in [2.75, 3.05) is 0 Å². The van der Waals surface area contributed by atoms with E-state index < -0.39 is 5.69 Å². The maximum atomic E-state index is 12.4. The molecular formula is C14H15ClN2O2. The first-order valence-corrected chi connectivity index (χ1v) is 6.44. The first kappa shape index (κ1) is 13.6. The third-order valence-corrected chi connectivity index (χ3v) is 3.43. The summed E-state index contributed by atoms with van der Waals surface area (Å²) in [7, 11) is 0. The van der Waals surface area contributed by atoms with Gasteiger partial charge in [0.1, 0.15) is 5.15 Å². The number of H-pyrrole nitrogens is 1. The highest BCUT2D eigenvalue weighted by atomic mass is 35.5. The maximum absolute atomic E-state index is 12.4. The van der Waals surface area contributed by atoms with Crippen LogP contribution in [0, 0.1) is 13.8 Å². The molecule has 0 saturated carbocycles. The minimum atomic E-state index is -0.513. The van der Waals surface area contributed by atoms with Crippen LogP contribution in [0.4, 0.5) is 0 Å². The topological polar surface area (TPSA) is 54.9 Å². The third-order valence-electron chi connectivity index (χ3n) is 3.11. The molecule has 1 N–H and O–H groups in total. The summed E-state index contributed by atoms with van der Waals surface area (Å²) < 4.78 is 1.15. The average Bonchev–Trinajstić information content (AvgIpc) is 2.33. The Morgan fingerprint density at radius 3 is 2.58 bits per heavy atom. The van der Waals surface area contributed by atoms with Crippen molar-refractivity contribution in [3.8, 4) is 5.69 Å². The molecule has 0 bridgehead atoms. The Labute approximate surface area is 115 Å². The van der Waals surface area contributed by atoms with Crippen LogP contribution in [0.5, 0.6) is 0 Å². The van der Waals surface area contributed by atoms with Crippen LogP contribution in [0.25, 0.3) is 5.69 Å². The van der Waals surface area contributed by atoms with Gasteiger partial charge in [0.15, 0.2) is 0 Å². The highest BCUT2D eigenvalue weighted by molar-refractivity contribution is 6.30. The molecule has 4 nitrogen and oxygen atoms in total. The van der Waals surface area contributed by atoms with Crippen molar-refractivity contribution in [1.82, 2.24) is 9.55 Å². The van der Waals surface area contributed by atoms with Crippen molar-refractivity contribution in [3.05, 3.63) is 60.9 Å². The van der Waals surface area contributed by atoms with Gasteiger partial charge in [-0.3, -0.25) is 9.78 Å². The number of nitrogens with one attached hydrogen (secondary N) is 1. The van der Waals surface area contributed by atoms with Gasteiger partial charge in [-0.25, -0.2) is 9.36 Å². The number of hydrogen-bond acceptors (Lipinski definition) is 2. The molecule has 1 aromatic carbocycles. The van der Waals surface area contributed by atoms with Crippen LogP contribution in [-0.4, -0.2) is 9.55 Å². The Morgan fingerprint density at radius 1 is 1.26 bits per heavy atom. The second-order valence-electron chi connectivity index (χ2n) is 4.51. The van der Waals surface area contributed by atoms with E-state index in [0.717, 1.165) is 15.7 Å². The van der Waals surface area contributed by atoms with E-state index in [1.54, 1.807) is 0 Å². The van der Waals surface area contributed by atoms with E-state index in [9.17, 15) is 9.59 Å². The molecule has 19 heavy (non-hydrogen) atoms. The molecular weight excluding hydrogens is 264 g/mol. The average molecular weight is 279 g/mol. The molecule has 0 radical (unpaired) electrons. The molecule has 5 heteroatoms. The number of rotatable bonds is 2. The van der Waals surface area contributed by atoms with E-state index in [2.05, 4.69) is 4.98 Å². The van der Waals surface area contributed by atoms with E-state index >= 15 is 0 Å². The molecule has 0 aliphatic heterocycles. The second kappa shape index (κ2) is 5.05. The Bertz CT molecular complexity index is 744. The molecule has 0 fully saturated rings. The van der Waals surface area contributed by atoms with Crippen LogP contribution in [0.1, 0.15) is 23.6 Å². The van der Waals surface area contributed by atoms with Crippen LogP contribution in [0.3, 0.4) is 0 Å². The van der Waals surface area contributed by atoms with E-state index in [1.807, 2.05) is 39.0 Å². The van der Waals surface area contributed by atoms with Crippen LogP contribution in [0.15, 0.2) is 27.8 Å². The molecule has 0 aliphatic carbocycles. The zero-order valence-corrected chi connectivity index (χ0v) is 11.8. The van der Waals surface area contributed by atoms with Gasteiger partial charge in [0.2, 0.25) is 0 Å². The molecule has 0 amide bonds. The Morgan fingerprint density at radius 2 is 1.95 bits per heavy atom.